The third-order valence-electron chi connectivity index (χ3n) is 0.178. The maximum Gasteiger partial charge on any atom is 0.232 e. The Balaban J connectivity index is 3.05. The Morgan fingerprint density at radius 1 is 1.83 bits per heavy atom. The first-order valence-electron chi connectivity index (χ1n) is 1.28. The number of nitrogens with one attached hydrogen (secondary N) is 1. The number of hydrogen-bond donors (Lipinski definition) is 2. The van der Waals surface area contributed by atoms with Crippen molar-refractivity contribution in [3.63, 3.8) is 0 Å². The van der Waals surface area contributed by atoms with Gasteiger partial charge in [-0.2, -0.15) is 5.10 Å². The molecule has 0 aromatic rings. The summed E-state index contributed by atoms with van der Waals surface area (Å²) in [4.78, 5) is 0. The first-order chi connectivity index (χ1) is 2.77. The second-order valence-corrected chi connectivity index (χ2v) is 0.627. The van der Waals surface area contributed by atoms with Gasteiger partial charge in [-0.05, 0) is 0 Å². The van der Waals surface area contributed by atoms with Crippen LogP contribution in [-0.2, 0) is 0 Å². The summed E-state index contributed by atoms with van der Waals surface area (Å²) >= 11 is 0. The molecule has 0 unspecified atom stereocenters. The molecule has 0 aromatic carbocycles. The highest BCUT2D eigenvalue weighted by atomic mass is 15.3. The fourth-order valence-electron chi connectivity index (χ4n) is 0.0762. The lowest BCUT2D eigenvalue weighted by atomic mass is 11.1. The van der Waals surface area contributed by atoms with E-state index < -0.39 is 0 Å². The summed E-state index contributed by atoms with van der Waals surface area (Å²) < 4.78 is 0. The van der Waals surface area contributed by atoms with Gasteiger partial charge >= 0.3 is 0 Å². The van der Waals surface area contributed by atoms with Gasteiger partial charge in [-0.25, -0.2) is 0 Å². The SMILES string of the molecule is C=N[N]C(=N)N. The molecule has 33 valence electrons. The van der Waals surface area contributed by atoms with Gasteiger partial charge in [0, 0.05) is 6.72 Å². The Hall–Kier alpha value is -1.06. The van der Waals surface area contributed by atoms with Crippen LogP contribution in [0.25, 0.3) is 0 Å². The molecule has 0 saturated heterocycles. The zero-order chi connectivity index (χ0) is 4.99. The summed E-state index contributed by atoms with van der Waals surface area (Å²) in [6.07, 6.45) is 0. The predicted molar refractivity (Wildman–Crippen MR) is 23.6 cm³/mol. The van der Waals surface area contributed by atoms with Crippen LogP contribution in [0.4, 0.5) is 0 Å². The minimum Gasteiger partial charge on any atom is -0.367 e. The summed E-state index contributed by atoms with van der Waals surface area (Å²) in [5.41, 5.74) is 7.69. The highest BCUT2D eigenvalue weighted by molar-refractivity contribution is 5.73. The molecule has 0 rings (SSSR count). The highest BCUT2D eigenvalue weighted by Gasteiger charge is 1.75. The molecule has 0 aliphatic heterocycles. The van der Waals surface area contributed by atoms with E-state index in [9.17, 15) is 0 Å². The van der Waals surface area contributed by atoms with Gasteiger partial charge in [-0.1, -0.05) is 0 Å². The molecule has 0 spiro atoms. The molecule has 0 aliphatic rings. The van der Waals surface area contributed by atoms with Crippen LogP contribution < -0.4 is 11.2 Å². The minimum absolute atomic E-state index is 0.315. The van der Waals surface area contributed by atoms with E-state index in [2.05, 4.69) is 23.0 Å². The molecule has 0 aromatic heterocycles. The van der Waals surface area contributed by atoms with Gasteiger partial charge in [0.1, 0.15) is 0 Å². The molecular weight excluding hydrogens is 80.1 g/mol. The summed E-state index contributed by atoms with van der Waals surface area (Å²) in [6, 6.07) is 0. The van der Waals surface area contributed by atoms with Crippen LogP contribution in [0.1, 0.15) is 0 Å². The fraction of sp³-hybridized carbons (Fsp3) is 0. The van der Waals surface area contributed by atoms with E-state index in [1.807, 2.05) is 0 Å². The van der Waals surface area contributed by atoms with E-state index in [0.29, 0.717) is 0 Å². The highest BCUT2D eigenvalue weighted by Crippen LogP contribution is 1.49. The molecule has 0 fully saturated rings. The minimum atomic E-state index is -0.315. The largest absolute Gasteiger partial charge is 0.367 e. The third-order valence-corrected chi connectivity index (χ3v) is 0.178. The molecular formula is C2H5N4. The van der Waals surface area contributed by atoms with Crippen LogP contribution in [-0.4, -0.2) is 12.7 Å². The van der Waals surface area contributed by atoms with E-state index in [0.717, 1.165) is 0 Å². The summed E-state index contributed by atoms with van der Waals surface area (Å²) in [5.74, 6) is -0.315. The number of hydrogen-bond acceptors (Lipinski definition) is 2. The van der Waals surface area contributed by atoms with Crippen LogP contribution in [0.15, 0.2) is 5.10 Å². The van der Waals surface area contributed by atoms with E-state index in [4.69, 9.17) is 5.41 Å². The maximum absolute atomic E-state index is 6.37. The molecule has 0 aliphatic carbocycles. The smallest absolute Gasteiger partial charge is 0.232 e. The van der Waals surface area contributed by atoms with Crippen molar-refractivity contribution in [2.24, 2.45) is 10.8 Å². The molecule has 6 heavy (non-hydrogen) atoms. The van der Waals surface area contributed by atoms with Crippen molar-refractivity contribution in [1.82, 2.24) is 5.43 Å². The average molecular weight is 85.1 g/mol. The molecule has 0 atom stereocenters. The van der Waals surface area contributed by atoms with E-state index in [1.165, 1.54) is 0 Å². The molecule has 4 nitrogen and oxygen atoms in total. The van der Waals surface area contributed by atoms with Crippen molar-refractivity contribution >= 4 is 12.7 Å². The number of guanidine groups is 1. The molecule has 0 saturated carbocycles. The summed E-state index contributed by atoms with van der Waals surface area (Å²) in [7, 11) is 0. The zero-order valence-corrected chi connectivity index (χ0v) is 3.18. The molecule has 0 heterocycles. The lowest BCUT2D eigenvalue weighted by Crippen LogP contribution is -2.18. The Kier molecular flexibility index (Phi) is 1.81. The quantitative estimate of drug-likeness (QED) is 0.241. The fourth-order valence-corrected chi connectivity index (χ4v) is 0.0762. The third kappa shape index (κ3) is 2.94. The molecule has 4 heteroatoms. The van der Waals surface area contributed by atoms with Crippen molar-refractivity contribution in [1.29, 1.82) is 5.41 Å². The number of nitrogens with two attached hydrogens (primary N) is 1. The first-order valence-corrected chi connectivity index (χ1v) is 1.28. The zero-order valence-electron chi connectivity index (χ0n) is 3.18. The van der Waals surface area contributed by atoms with Crippen LogP contribution in [0.5, 0.6) is 0 Å². The molecule has 0 bridgehead atoms. The van der Waals surface area contributed by atoms with Gasteiger partial charge in [-0.3, -0.25) is 5.41 Å². The van der Waals surface area contributed by atoms with Gasteiger partial charge in [0.05, 0.1) is 0 Å². The van der Waals surface area contributed by atoms with Crippen LogP contribution in [0, 0.1) is 5.41 Å². The van der Waals surface area contributed by atoms with Crippen LogP contribution >= 0.6 is 0 Å². The van der Waals surface area contributed by atoms with Crippen molar-refractivity contribution in [3.8, 4) is 0 Å². The first kappa shape index (κ1) is 4.94. The second-order valence-electron chi connectivity index (χ2n) is 0.627. The van der Waals surface area contributed by atoms with Crippen LogP contribution in [0.3, 0.4) is 0 Å². The van der Waals surface area contributed by atoms with E-state index >= 15 is 0 Å². The molecule has 3 N–H and O–H groups in total. The van der Waals surface area contributed by atoms with Crippen molar-refractivity contribution in [3.05, 3.63) is 0 Å². The summed E-state index contributed by atoms with van der Waals surface area (Å²) in [6.45, 7) is 2.96. The Labute approximate surface area is 35.5 Å². The average Bonchev–Trinajstić information content (AvgIpc) is 1.35. The number of nitrogens with zero attached hydrogens (tertiary/aromatic N) is 2. The number of rotatable bonds is 1. The molecule has 1 radical (unpaired) electrons. The lowest BCUT2D eigenvalue weighted by molar-refractivity contribution is 0.988. The predicted octanol–water partition coefficient (Wildman–Crippen LogP) is -0.900. The Bertz CT molecular complexity index is 65.9. The van der Waals surface area contributed by atoms with E-state index in [-0.39, 0.29) is 5.96 Å². The second kappa shape index (κ2) is 2.19. The Morgan fingerprint density at radius 3 is 2.33 bits per heavy atom. The van der Waals surface area contributed by atoms with Crippen molar-refractivity contribution in [2.45, 2.75) is 0 Å². The van der Waals surface area contributed by atoms with E-state index in [1.54, 1.807) is 0 Å². The van der Waals surface area contributed by atoms with Crippen molar-refractivity contribution < 1.29 is 0 Å². The molecule has 0 amide bonds. The summed E-state index contributed by atoms with van der Waals surface area (Å²) in [5, 5.41) is 9.33. The van der Waals surface area contributed by atoms with Gasteiger partial charge in [-0.15, -0.1) is 5.43 Å². The maximum atomic E-state index is 6.37. The lowest BCUT2D eigenvalue weighted by Gasteiger charge is -1.81. The van der Waals surface area contributed by atoms with Gasteiger partial charge < -0.3 is 5.73 Å². The topological polar surface area (TPSA) is 76.3 Å². The monoisotopic (exact) mass is 85.1 g/mol. The normalized spacial score (nSPS) is 6.67. The van der Waals surface area contributed by atoms with Crippen molar-refractivity contribution in [2.75, 3.05) is 0 Å². The Morgan fingerprint density at radius 2 is 2.33 bits per heavy atom. The van der Waals surface area contributed by atoms with Gasteiger partial charge in [0.2, 0.25) is 5.96 Å². The van der Waals surface area contributed by atoms with Gasteiger partial charge in [0.25, 0.3) is 0 Å². The van der Waals surface area contributed by atoms with Gasteiger partial charge in [0.15, 0.2) is 0 Å². The van der Waals surface area contributed by atoms with Crippen LogP contribution in [0.2, 0.25) is 0 Å². The standard InChI is InChI=1S/C2H5N4/c1-5-6-2(3)4/h1H2,(H3,3,4).